The molecule has 0 aliphatic carbocycles. The number of hydrogen-bond acceptors (Lipinski definition) is 10. The largest absolute Gasteiger partial charge is 0.494 e. The molecule has 0 saturated carbocycles. The van der Waals surface area contributed by atoms with Crippen molar-refractivity contribution in [2.24, 2.45) is 17.5 Å². The third-order valence-corrected chi connectivity index (χ3v) is 8.62. The molecule has 1 rings (SSSR count). The molecule has 0 radical (unpaired) electrons. The number of rotatable bonds is 27. The van der Waals surface area contributed by atoms with Crippen molar-refractivity contribution < 1.29 is 43.3 Å². The van der Waals surface area contributed by atoms with E-state index < -0.39 is 53.3 Å². The van der Waals surface area contributed by atoms with Crippen molar-refractivity contribution in [1.29, 1.82) is 0 Å². The third-order valence-electron chi connectivity index (χ3n) is 8.62. The van der Waals surface area contributed by atoms with Gasteiger partial charge in [-0.3, -0.25) is 19.4 Å². The molecular formula is C40H65N3O9. The number of hydrazine groups is 1. The molecule has 0 fully saturated rings. The second-order valence-corrected chi connectivity index (χ2v) is 14.5. The van der Waals surface area contributed by atoms with Crippen molar-refractivity contribution in [2.45, 2.75) is 155 Å². The maximum Gasteiger partial charge on any atom is 0.340 e. The fraction of sp³-hybridized carbons (Fsp3) is 0.675. The lowest BCUT2D eigenvalue weighted by Gasteiger charge is -2.36. The molecule has 0 aliphatic heterocycles. The summed E-state index contributed by atoms with van der Waals surface area (Å²) in [7, 11) is 1.16. The number of hydrogen-bond donors (Lipinski definition) is 3. The van der Waals surface area contributed by atoms with Crippen molar-refractivity contribution in [3.05, 3.63) is 42.0 Å². The number of benzene rings is 1. The molecule has 12 heteroatoms. The summed E-state index contributed by atoms with van der Waals surface area (Å²) in [5, 5.41) is 12.4. The van der Waals surface area contributed by atoms with Crippen LogP contribution in [0.1, 0.15) is 136 Å². The normalized spacial score (nSPS) is 13.9. The number of carbonyl (C=O) groups is 5. The minimum atomic E-state index is -2.74. The summed E-state index contributed by atoms with van der Waals surface area (Å²) in [5.41, 5.74) is 2.29. The smallest absolute Gasteiger partial charge is 0.340 e. The second kappa shape index (κ2) is 24.5. The average molecular weight is 732 g/mol. The topological polar surface area (TPSA) is 189 Å². The first-order valence-electron chi connectivity index (χ1n) is 18.9. The number of aliphatic hydroxyl groups is 1. The van der Waals surface area contributed by atoms with Crippen LogP contribution < -0.4 is 16.3 Å². The van der Waals surface area contributed by atoms with Gasteiger partial charge in [0.25, 0.3) is 0 Å². The van der Waals surface area contributed by atoms with Crippen LogP contribution in [-0.4, -0.2) is 70.6 Å². The predicted octanol–water partition coefficient (Wildman–Crippen LogP) is 6.04. The Kier molecular flexibility index (Phi) is 21.8. The van der Waals surface area contributed by atoms with Crippen LogP contribution in [0, 0.1) is 5.92 Å². The zero-order valence-corrected chi connectivity index (χ0v) is 32.5. The van der Waals surface area contributed by atoms with Gasteiger partial charge in [-0.25, -0.2) is 15.4 Å². The molecule has 294 valence electrons. The number of unbranched alkanes of at least 4 members (excludes halogenated alkanes) is 9. The number of ether oxygens (including phenoxy) is 3. The van der Waals surface area contributed by atoms with Crippen LogP contribution in [0.4, 0.5) is 0 Å². The van der Waals surface area contributed by atoms with Crippen LogP contribution in [-0.2, 0) is 39.9 Å². The van der Waals surface area contributed by atoms with Crippen molar-refractivity contribution in [3.8, 4) is 5.75 Å². The summed E-state index contributed by atoms with van der Waals surface area (Å²) < 4.78 is 16.1. The van der Waals surface area contributed by atoms with E-state index in [1.54, 1.807) is 51.1 Å². The van der Waals surface area contributed by atoms with Gasteiger partial charge in [0.2, 0.25) is 11.8 Å². The number of primary amides is 1. The fourth-order valence-corrected chi connectivity index (χ4v) is 5.63. The average Bonchev–Trinajstić information content (AvgIpc) is 3.08. The monoisotopic (exact) mass is 731 g/mol. The number of esters is 2. The van der Waals surface area contributed by atoms with E-state index in [1.807, 2.05) is 0 Å². The van der Waals surface area contributed by atoms with Crippen LogP contribution in [0.2, 0.25) is 0 Å². The van der Waals surface area contributed by atoms with Gasteiger partial charge in [-0.1, -0.05) is 83.1 Å². The summed E-state index contributed by atoms with van der Waals surface area (Å²) >= 11 is 0. The summed E-state index contributed by atoms with van der Waals surface area (Å²) in [6.45, 7) is 9.51. The van der Waals surface area contributed by atoms with Gasteiger partial charge in [0, 0.05) is 19.3 Å². The highest BCUT2D eigenvalue weighted by molar-refractivity contribution is 5.96. The number of carbonyl (C=O) groups excluding carboxylic acids is 5. The van der Waals surface area contributed by atoms with Crippen molar-refractivity contribution >= 4 is 29.5 Å². The summed E-state index contributed by atoms with van der Waals surface area (Å²) in [4.78, 5) is 65.1. The first-order valence-corrected chi connectivity index (χ1v) is 18.9. The van der Waals surface area contributed by atoms with Gasteiger partial charge >= 0.3 is 11.9 Å². The van der Waals surface area contributed by atoms with Crippen LogP contribution in [0.5, 0.6) is 5.75 Å². The lowest BCUT2D eigenvalue weighted by molar-refractivity contribution is -0.187. The SMILES string of the molecule is CCCCCCCC(=O)CCCCCC/C=C/[C@H](C(=O)N(N)[C@@H](Cc1ccc(OCCCC)cc1)C(=O)OC)[C@@](O)(CC(N)=O)C(=O)OC(C)(C)C. The maximum atomic E-state index is 14.2. The lowest BCUT2D eigenvalue weighted by atomic mass is 9.82. The molecule has 5 N–H and O–H groups in total. The molecule has 0 bridgehead atoms. The molecule has 2 amide bonds. The number of methoxy groups -OCH3 is 1. The third kappa shape index (κ3) is 17.6. The highest BCUT2D eigenvalue weighted by Crippen LogP contribution is 2.30. The number of ketones is 1. The van der Waals surface area contributed by atoms with E-state index in [2.05, 4.69) is 13.8 Å². The first-order chi connectivity index (χ1) is 24.6. The zero-order chi connectivity index (χ0) is 39.2. The van der Waals surface area contributed by atoms with Crippen LogP contribution >= 0.6 is 0 Å². The molecule has 0 saturated heterocycles. The van der Waals surface area contributed by atoms with Crippen LogP contribution in [0.3, 0.4) is 0 Å². The van der Waals surface area contributed by atoms with E-state index in [0.29, 0.717) is 54.4 Å². The quantitative estimate of drug-likeness (QED) is 0.0240. The number of nitrogens with zero attached hydrogens (tertiary/aromatic N) is 1. The molecule has 12 nitrogen and oxygen atoms in total. The molecular weight excluding hydrogens is 666 g/mol. The van der Waals surface area contributed by atoms with Crippen LogP contribution in [0.15, 0.2) is 36.4 Å². The Morgan fingerprint density at radius 3 is 1.98 bits per heavy atom. The van der Waals surface area contributed by atoms with Crippen molar-refractivity contribution in [1.82, 2.24) is 5.01 Å². The highest BCUT2D eigenvalue weighted by atomic mass is 16.6. The fourth-order valence-electron chi connectivity index (χ4n) is 5.63. The van der Waals surface area contributed by atoms with Gasteiger partial charge in [-0.05, 0) is 70.6 Å². The highest BCUT2D eigenvalue weighted by Gasteiger charge is 2.52. The Balaban J connectivity index is 3.18. The van der Waals surface area contributed by atoms with Crippen molar-refractivity contribution in [3.63, 3.8) is 0 Å². The molecule has 0 spiro atoms. The van der Waals surface area contributed by atoms with Crippen molar-refractivity contribution in [2.75, 3.05) is 13.7 Å². The Hall–Kier alpha value is -3.77. The Labute approximate surface area is 311 Å². The molecule has 52 heavy (non-hydrogen) atoms. The van der Waals surface area contributed by atoms with Gasteiger partial charge in [0.05, 0.1) is 26.1 Å². The predicted molar refractivity (Wildman–Crippen MR) is 201 cm³/mol. The van der Waals surface area contributed by atoms with E-state index in [4.69, 9.17) is 25.8 Å². The maximum absolute atomic E-state index is 14.2. The summed E-state index contributed by atoms with van der Waals surface area (Å²) in [5.74, 6) is 1.39. The molecule has 0 heterocycles. The standard InChI is InChI=1S/C40H65N3O9/c1-7-9-11-14-17-20-31(44)21-18-15-12-13-16-19-22-33(40(49,29-35(41)45)38(48)52-39(3,4)5)36(46)43(42)34(37(47)50-6)28-30-23-25-32(26-24-30)51-27-10-8-2/h19,22-26,33-34,49H,7-18,20-21,27-29,42H2,1-6H3,(H2,41,45)/b22-19+/t33-,34+,40+/m1/s1. The zero-order valence-electron chi connectivity index (χ0n) is 32.5. The van der Waals surface area contributed by atoms with E-state index in [0.717, 1.165) is 52.1 Å². The molecule has 1 aromatic rings. The molecule has 0 aromatic heterocycles. The molecule has 0 aliphatic rings. The minimum Gasteiger partial charge on any atom is -0.494 e. The lowest BCUT2D eigenvalue weighted by Crippen LogP contribution is -2.60. The van der Waals surface area contributed by atoms with E-state index >= 15 is 0 Å². The second-order valence-electron chi connectivity index (χ2n) is 14.5. The van der Waals surface area contributed by atoms with Gasteiger partial charge in [-0.15, -0.1) is 0 Å². The van der Waals surface area contributed by atoms with Crippen LogP contribution in [0.25, 0.3) is 0 Å². The Morgan fingerprint density at radius 2 is 1.44 bits per heavy atom. The Bertz CT molecular complexity index is 1280. The molecule has 1 aromatic carbocycles. The number of nitrogens with two attached hydrogens (primary N) is 2. The van der Waals surface area contributed by atoms with Gasteiger partial charge < -0.3 is 25.1 Å². The van der Waals surface area contributed by atoms with Gasteiger partial charge in [0.15, 0.2) is 5.60 Å². The summed E-state index contributed by atoms with van der Waals surface area (Å²) in [6, 6.07) is 5.61. The number of Topliss-reactive ketones (excluding diaryl/α,β-unsaturated/α-hetero) is 1. The number of amides is 2. The molecule has 3 atom stereocenters. The van der Waals surface area contributed by atoms with E-state index in [1.165, 1.54) is 25.3 Å². The van der Waals surface area contributed by atoms with Gasteiger partial charge in [0.1, 0.15) is 23.2 Å². The van der Waals surface area contributed by atoms with E-state index in [-0.39, 0.29) is 6.42 Å². The summed E-state index contributed by atoms with van der Waals surface area (Å²) in [6.07, 6.45) is 14.2. The van der Waals surface area contributed by atoms with Gasteiger partial charge in [-0.2, -0.15) is 0 Å². The molecule has 0 unspecified atom stereocenters. The minimum absolute atomic E-state index is 0.0529. The Morgan fingerprint density at radius 1 is 0.865 bits per heavy atom. The van der Waals surface area contributed by atoms with E-state index in [9.17, 15) is 29.1 Å². The number of allylic oxidation sites excluding steroid dienone is 1. The first kappa shape index (κ1) is 46.3.